The summed E-state index contributed by atoms with van der Waals surface area (Å²) >= 11 is 6.01. The van der Waals surface area contributed by atoms with Crippen LogP contribution in [0.25, 0.3) is 16.9 Å². The van der Waals surface area contributed by atoms with E-state index in [2.05, 4.69) is 26.0 Å². The maximum Gasteiger partial charge on any atom is 0.251 e. The summed E-state index contributed by atoms with van der Waals surface area (Å²) in [5.74, 6) is 0.382. The lowest BCUT2D eigenvalue weighted by Crippen LogP contribution is -2.31. The molecular weight excluding hydrogens is 412 g/mol. The highest BCUT2D eigenvalue weighted by atomic mass is 35.5. The first kappa shape index (κ1) is 20.8. The molecular formula is C23H23ClN6O. The third-order valence-corrected chi connectivity index (χ3v) is 4.99. The number of anilines is 2. The van der Waals surface area contributed by atoms with Crippen molar-refractivity contribution in [1.29, 1.82) is 0 Å². The van der Waals surface area contributed by atoms with Crippen LogP contribution in [0.3, 0.4) is 0 Å². The maximum absolute atomic E-state index is 12.2. The van der Waals surface area contributed by atoms with Crippen molar-refractivity contribution in [2.45, 2.75) is 6.92 Å². The first-order chi connectivity index (χ1) is 15.1. The van der Waals surface area contributed by atoms with Crippen molar-refractivity contribution >= 4 is 34.8 Å². The van der Waals surface area contributed by atoms with Gasteiger partial charge in [-0.05, 0) is 55.1 Å². The molecule has 0 aliphatic heterocycles. The molecule has 0 fully saturated rings. The molecule has 1 amide bonds. The molecule has 0 saturated carbocycles. The fourth-order valence-corrected chi connectivity index (χ4v) is 3.30. The predicted molar refractivity (Wildman–Crippen MR) is 124 cm³/mol. The van der Waals surface area contributed by atoms with Gasteiger partial charge in [0.25, 0.3) is 5.91 Å². The van der Waals surface area contributed by atoms with Crippen LogP contribution in [-0.4, -0.2) is 40.1 Å². The van der Waals surface area contributed by atoms with E-state index in [-0.39, 0.29) is 5.91 Å². The number of nitrogens with one attached hydrogen (secondary N) is 3. The molecule has 2 aromatic carbocycles. The summed E-state index contributed by atoms with van der Waals surface area (Å²) in [4.78, 5) is 16.7. The second-order valence-corrected chi connectivity index (χ2v) is 7.37. The first-order valence-corrected chi connectivity index (χ1v) is 10.5. The van der Waals surface area contributed by atoms with Crippen molar-refractivity contribution < 1.29 is 4.79 Å². The average molecular weight is 435 g/mol. The van der Waals surface area contributed by atoms with Gasteiger partial charge in [0, 0.05) is 34.9 Å². The van der Waals surface area contributed by atoms with Crippen molar-refractivity contribution in [1.82, 2.24) is 25.2 Å². The number of nitrogens with zero attached hydrogens (tertiary/aromatic N) is 3. The Morgan fingerprint density at radius 3 is 2.52 bits per heavy atom. The van der Waals surface area contributed by atoms with Crippen LogP contribution in [-0.2, 0) is 0 Å². The molecule has 2 heterocycles. The number of fused-ring (bicyclic) bond motifs is 1. The summed E-state index contributed by atoms with van der Waals surface area (Å²) in [5.41, 5.74) is 4.05. The Hall–Kier alpha value is -3.42. The van der Waals surface area contributed by atoms with Crippen molar-refractivity contribution in [2.24, 2.45) is 0 Å². The minimum absolute atomic E-state index is 0.0945. The smallest absolute Gasteiger partial charge is 0.251 e. The predicted octanol–water partition coefficient (Wildman–Crippen LogP) is 4.13. The molecule has 0 atom stereocenters. The van der Waals surface area contributed by atoms with Crippen molar-refractivity contribution in [3.63, 3.8) is 0 Å². The molecule has 0 aliphatic carbocycles. The quantitative estimate of drug-likeness (QED) is 0.363. The summed E-state index contributed by atoms with van der Waals surface area (Å²) in [6.07, 6.45) is 0. The van der Waals surface area contributed by atoms with E-state index in [1.165, 1.54) is 0 Å². The van der Waals surface area contributed by atoms with E-state index < -0.39 is 0 Å². The van der Waals surface area contributed by atoms with Crippen LogP contribution in [0.15, 0.2) is 66.7 Å². The number of halogens is 1. The summed E-state index contributed by atoms with van der Waals surface area (Å²) in [6, 6.07) is 20.7. The second-order valence-electron chi connectivity index (χ2n) is 6.94. The lowest BCUT2D eigenvalue weighted by atomic mass is 10.1. The first-order valence-electron chi connectivity index (χ1n) is 10.1. The van der Waals surface area contributed by atoms with E-state index in [1.54, 1.807) is 16.6 Å². The van der Waals surface area contributed by atoms with Crippen LogP contribution in [0.4, 0.5) is 11.6 Å². The number of amides is 1. The van der Waals surface area contributed by atoms with Crippen molar-refractivity contribution in [3.05, 3.63) is 77.3 Å². The number of likely N-dealkylation sites (N-methyl/N-ethyl adjacent to an activating group) is 1. The maximum atomic E-state index is 12.2. The molecule has 158 valence electrons. The average Bonchev–Trinajstić information content (AvgIpc) is 3.20. The summed E-state index contributed by atoms with van der Waals surface area (Å²) in [6.45, 7) is 4.26. The summed E-state index contributed by atoms with van der Waals surface area (Å²) < 4.78 is 1.79. The zero-order valence-corrected chi connectivity index (χ0v) is 17.9. The van der Waals surface area contributed by atoms with E-state index >= 15 is 0 Å². The van der Waals surface area contributed by atoms with Gasteiger partial charge in [-0.2, -0.15) is 4.98 Å². The van der Waals surface area contributed by atoms with E-state index in [0.717, 1.165) is 35.7 Å². The SMILES string of the molecule is CCNCCNC(=O)c1ccc(Nc2nc3cccc(-c4ccc(Cl)cc4)n3n2)cc1. The second kappa shape index (κ2) is 9.59. The summed E-state index contributed by atoms with van der Waals surface area (Å²) in [5, 5.41) is 14.5. The number of aromatic nitrogens is 3. The van der Waals surface area contributed by atoms with Crippen LogP contribution in [0.1, 0.15) is 17.3 Å². The van der Waals surface area contributed by atoms with Crippen LogP contribution in [0.2, 0.25) is 5.02 Å². The van der Waals surface area contributed by atoms with E-state index in [0.29, 0.717) is 23.1 Å². The highest BCUT2D eigenvalue weighted by Gasteiger charge is 2.10. The summed E-state index contributed by atoms with van der Waals surface area (Å²) in [7, 11) is 0. The highest BCUT2D eigenvalue weighted by molar-refractivity contribution is 6.30. The topological polar surface area (TPSA) is 83.3 Å². The Kier molecular flexibility index (Phi) is 6.45. The largest absolute Gasteiger partial charge is 0.351 e. The van der Waals surface area contributed by atoms with Gasteiger partial charge in [-0.25, -0.2) is 4.52 Å². The van der Waals surface area contributed by atoms with Crippen LogP contribution < -0.4 is 16.0 Å². The van der Waals surface area contributed by atoms with Crippen LogP contribution in [0.5, 0.6) is 0 Å². The molecule has 0 spiro atoms. The molecule has 0 saturated heterocycles. The molecule has 0 bridgehead atoms. The number of carbonyl (C=O) groups is 1. The van der Waals surface area contributed by atoms with Crippen molar-refractivity contribution in [2.75, 3.05) is 25.0 Å². The minimum atomic E-state index is -0.0945. The van der Waals surface area contributed by atoms with Crippen LogP contribution in [0, 0.1) is 0 Å². The van der Waals surface area contributed by atoms with Gasteiger partial charge in [-0.1, -0.05) is 36.7 Å². The van der Waals surface area contributed by atoms with Gasteiger partial charge >= 0.3 is 0 Å². The van der Waals surface area contributed by atoms with Gasteiger partial charge < -0.3 is 16.0 Å². The van der Waals surface area contributed by atoms with Gasteiger partial charge in [-0.15, -0.1) is 5.10 Å². The Labute approximate surface area is 185 Å². The molecule has 4 rings (SSSR count). The molecule has 8 heteroatoms. The molecule has 4 aromatic rings. The number of hydrogen-bond acceptors (Lipinski definition) is 5. The van der Waals surface area contributed by atoms with Gasteiger partial charge in [0.2, 0.25) is 5.95 Å². The number of hydrogen-bond donors (Lipinski definition) is 3. The molecule has 3 N–H and O–H groups in total. The van der Waals surface area contributed by atoms with Gasteiger partial charge in [-0.3, -0.25) is 4.79 Å². The number of benzene rings is 2. The van der Waals surface area contributed by atoms with Gasteiger partial charge in [0.05, 0.1) is 5.69 Å². The zero-order valence-electron chi connectivity index (χ0n) is 17.1. The zero-order chi connectivity index (χ0) is 21.6. The standard InChI is InChI=1S/C23H23ClN6O/c1-2-25-14-15-26-22(31)17-8-12-19(13-9-17)27-23-28-21-5-3-4-20(30(21)29-23)16-6-10-18(24)11-7-16/h3-13,25H,2,14-15H2,1H3,(H,26,31)(H,27,29). The molecule has 31 heavy (non-hydrogen) atoms. The molecule has 0 aliphatic rings. The van der Waals surface area contributed by atoms with Crippen LogP contribution >= 0.6 is 11.6 Å². The third-order valence-electron chi connectivity index (χ3n) is 4.74. The number of pyridine rings is 1. The molecule has 2 aromatic heterocycles. The Balaban J connectivity index is 1.48. The highest BCUT2D eigenvalue weighted by Crippen LogP contribution is 2.23. The lowest BCUT2D eigenvalue weighted by Gasteiger charge is -2.07. The monoisotopic (exact) mass is 434 g/mol. The Morgan fingerprint density at radius 1 is 1.00 bits per heavy atom. The molecule has 7 nitrogen and oxygen atoms in total. The molecule has 0 unspecified atom stereocenters. The minimum Gasteiger partial charge on any atom is -0.351 e. The van der Waals surface area contributed by atoms with Crippen molar-refractivity contribution in [3.8, 4) is 11.3 Å². The van der Waals surface area contributed by atoms with Gasteiger partial charge in [0.15, 0.2) is 5.65 Å². The number of carbonyl (C=O) groups excluding carboxylic acids is 1. The fourth-order valence-electron chi connectivity index (χ4n) is 3.17. The third kappa shape index (κ3) is 5.02. The molecule has 0 radical (unpaired) electrons. The van der Waals surface area contributed by atoms with E-state index in [4.69, 9.17) is 11.6 Å². The van der Waals surface area contributed by atoms with E-state index in [9.17, 15) is 4.79 Å². The fraction of sp³-hybridized carbons (Fsp3) is 0.174. The van der Waals surface area contributed by atoms with Gasteiger partial charge in [0.1, 0.15) is 0 Å². The number of rotatable bonds is 8. The lowest BCUT2D eigenvalue weighted by molar-refractivity contribution is 0.0954. The van der Waals surface area contributed by atoms with E-state index in [1.807, 2.05) is 61.5 Å². The normalized spacial score (nSPS) is 10.9. The Bertz CT molecular complexity index is 1170. The Morgan fingerprint density at radius 2 is 1.77 bits per heavy atom.